The molecule has 2 N–H and O–H groups in total. The average molecular weight is 252 g/mol. The average Bonchev–Trinajstić information content (AvgIpc) is 2.28. The molecule has 0 saturated heterocycles. The second-order valence-corrected chi connectivity index (χ2v) is 4.06. The normalized spacial score (nSPS) is 12.0. The highest BCUT2D eigenvalue weighted by Gasteiger charge is 2.16. The molecule has 1 heterocycles. The van der Waals surface area contributed by atoms with Gasteiger partial charge in [0, 0.05) is 6.07 Å². The number of carbonyl (C=O) groups excluding carboxylic acids is 1. The summed E-state index contributed by atoms with van der Waals surface area (Å²) >= 11 is 0. The lowest BCUT2D eigenvalue weighted by molar-refractivity contribution is -0.138. The third kappa shape index (κ3) is 4.04. The van der Waals surface area contributed by atoms with Gasteiger partial charge < -0.3 is 15.2 Å². The van der Waals surface area contributed by atoms with Crippen LogP contribution >= 0.6 is 0 Å². The lowest BCUT2D eigenvalue weighted by Gasteiger charge is -2.11. The number of ether oxygens (including phenoxy) is 1. The number of hydrogen-bond donors (Lipinski definition) is 2. The van der Waals surface area contributed by atoms with Gasteiger partial charge >= 0.3 is 5.97 Å². The van der Waals surface area contributed by atoms with Gasteiger partial charge in [-0.25, -0.2) is 4.98 Å². The van der Waals surface area contributed by atoms with Crippen molar-refractivity contribution >= 4 is 11.9 Å². The lowest BCUT2D eigenvalue weighted by Crippen LogP contribution is -2.38. The van der Waals surface area contributed by atoms with E-state index in [1.165, 1.54) is 13.0 Å². The fraction of sp³-hybridized carbons (Fsp3) is 0.417. The Morgan fingerprint density at radius 3 is 2.56 bits per heavy atom. The highest BCUT2D eigenvalue weighted by atomic mass is 16.5. The highest BCUT2D eigenvalue weighted by Crippen LogP contribution is 2.09. The predicted octanol–water partition coefficient (Wildman–Crippen LogP) is 1.07. The summed E-state index contributed by atoms with van der Waals surface area (Å²) in [6, 6.07) is 3.80. The molecule has 0 radical (unpaired) electrons. The van der Waals surface area contributed by atoms with Crippen LogP contribution in [0.2, 0.25) is 0 Å². The molecule has 0 aromatic carbocycles. The number of carboxylic acid groups (broad SMARTS) is 1. The fourth-order valence-corrected chi connectivity index (χ4v) is 1.18. The Labute approximate surface area is 105 Å². The van der Waals surface area contributed by atoms with Gasteiger partial charge in [0.05, 0.1) is 6.10 Å². The van der Waals surface area contributed by atoms with Crippen molar-refractivity contribution in [2.75, 3.05) is 0 Å². The maximum atomic E-state index is 11.7. The summed E-state index contributed by atoms with van der Waals surface area (Å²) in [6.07, 6.45) is -0.0474. The van der Waals surface area contributed by atoms with Crippen LogP contribution in [-0.2, 0) is 4.79 Å². The number of carboxylic acids is 1. The number of hydrogen-bond acceptors (Lipinski definition) is 4. The number of aliphatic carboxylic acids is 1. The van der Waals surface area contributed by atoms with Crippen molar-refractivity contribution in [1.82, 2.24) is 10.3 Å². The van der Waals surface area contributed by atoms with Crippen molar-refractivity contribution in [2.45, 2.75) is 32.9 Å². The minimum Gasteiger partial charge on any atom is -0.480 e. The molecular weight excluding hydrogens is 236 g/mol. The van der Waals surface area contributed by atoms with Crippen LogP contribution in [0, 0.1) is 0 Å². The van der Waals surface area contributed by atoms with Gasteiger partial charge in [0.25, 0.3) is 5.91 Å². The minimum atomic E-state index is -1.10. The van der Waals surface area contributed by atoms with Gasteiger partial charge in [-0.15, -0.1) is 0 Å². The topological polar surface area (TPSA) is 88.5 Å². The summed E-state index contributed by atoms with van der Waals surface area (Å²) in [5, 5.41) is 11.0. The summed E-state index contributed by atoms with van der Waals surface area (Å²) < 4.78 is 5.35. The summed E-state index contributed by atoms with van der Waals surface area (Å²) in [7, 11) is 0. The van der Waals surface area contributed by atoms with E-state index in [4.69, 9.17) is 9.84 Å². The van der Waals surface area contributed by atoms with E-state index in [2.05, 4.69) is 10.3 Å². The molecule has 1 atom stereocenters. The van der Waals surface area contributed by atoms with Gasteiger partial charge in [-0.1, -0.05) is 6.07 Å². The molecule has 1 rings (SSSR count). The van der Waals surface area contributed by atoms with Gasteiger partial charge in [0.2, 0.25) is 5.88 Å². The maximum absolute atomic E-state index is 11.7. The van der Waals surface area contributed by atoms with E-state index in [1.54, 1.807) is 12.1 Å². The van der Waals surface area contributed by atoms with Crippen molar-refractivity contribution in [3.63, 3.8) is 0 Å². The summed E-state index contributed by atoms with van der Waals surface area (Å²) in [4.78, 5) is 26.3. The molecule has 98 valence electrons. The van der Waals surface area contributed by atoms with E-state index in [9.17, 15) is 9.59 Å². The van der Waals surface area contributed by atoms with Crippen LogP contribution in [0.5, 0.6) is 5.88 Å². The molecule has 1 aromatic rings. The number of carbonyl (C=O) groups is 2. The number of nitrogens with one attached hydrogen (secondary N) is 1. The molecule has 0 bridgehead atoms. The Morgan fingerprint density at radius 2 is 2.00 bits per heavy atom. The Morgan fingerprint density at radius 1 is 1.33 bits per heavy atom. The van der Waals surface area contributed by atoms with Crippen LogP contribution in [0.15, 0.2) is 18.2 Å². The monoisotopic (exact) mass is 252 g/mol. The largest absolute Gasteiger partial charge is 0.480 e. The van der Waals surface area contributed by atoms with Crippen molar-refractivity contribution in [3.05, 3.63) is 23.9 Å². The third-order valence-electron chi connectivity index (χ3n) is 2.03. The fourth-order valence-electron chi connectivity index (χ4n) is 1.18. The van der Waals surface area contributed by atoms with E-state index < -0.39 is 17.9 Å². The molecule has 0 saturated carbocycles. The SMILES string of the molecule is CC(C)Oc1cccc(C(=O)N[C@H](C)C(=O)O)n1. The summed E-state index contributed by atoms with van der Waals surface area (Å²) in [5.41, 5.74) is 0.126. The van der Waals surface area contributed by atoms with Crippen molar-refractivity contribution in [1.29, 1.82) is 0 Å². The first-order chi connectivity index (χ1) is 8.40. The van der Waals surface area contributed by atoms with E-state index in [1.807, 2.05) is 13.8 Å². The van der Waals surface area contributed by atoms with Crippen LogP contribution in [-0.4, -0.2) is 34.1 Å². The van der Waals surface area contributed by atoms with Gasteiger partial charge in [-0.2, -0.15) is 0 Å². The second-order valence-electron chi connectivity index (χ2n) is 4.06. The zero-order chi connectivity index (χ0) is 13.7. The number of pyridine rings is 1. The van der Waals surface area contributed by atoms with Crippen LogP contribution < -0.4 is 10.1 Å². The van der Waals surface area contributed by atoms with Crippen LogP contribution in [0.3, 0.4) is 0 Å². The van der Waals surface area contributed by atoms with Gasteiger partial charge in [-0.3, -0.25) is 9.59 Å². The van der Waals surface area contributed by atoms with Gasteiger partial charge in [0.15, 0.2) is 0 Å². The first-order valence-electron chi connectivity index (χ1n) is 5.57. The lowest BCUT2D eigenvalue weighted by atomic mass is 10.3. The van der Waals surface area contributed by atoms with E-state index in [-0.39, 0.29) is 11.8 Å². The molecule has 6 nitrogen and oxygen atoms in total. The summed E-state index contributed by atoms with van der Waals surface area (Å²) in [5.74, 6) is -1.31. The quantitative estimate of drug-likeness (QED) is 0.818. The maximum Gasteiger partial charge on any atom is 0.325 e. The molecule has 6 heteroatoms. The summed E-state index contributed by atoms with van der Waals surface area (Å²) in [6.45, 7) is 5.08. The molecule has 0 spiro atoms. The minimum absolute atomic E-state index is 0.0474. The highest BCUT2D eigenvalue weighted by molar-refractivity contribution is 5.94. The third-order valence-corrected chi connectivity index (χ3v) is 2.03. The molecular formula is C12H16N2O4. The van der Waals surface area contributed by atoms with Crippen LogP contribution in [0.4, 0.5) is 0 Å². The standard InChI is InChI=1S/C12H16N2O4/c1-7(2)18-10-6-4-5-9(14-10)11(15)13-8(3)12(16)17/h4-8H,1-3H3,(H,13,15)(H,16,17)/t8-/m1/s1. The van der Waals surface area contributed by atoms with E-state index >= 15 is 0 Å². The number of amides is 1. The predicted molar refractivity (Wildman–Crippen MR) is 64.6 cm³/mol. The Bertz CT molecular complexity index is 445. The molecule has 1 aromatic heterocycles. The van der Waals surface area contributed by atoms with Crippen LogP contribution in [0.1, 0.15) is 31.3 Å². The zero-order valence-electron chi connectivity index (χ0n) is 10.5. The Hall–Kier alpha value is -2.11. The molecule has 0 aliphatic heterocycles. The Balaban J connectivity index is 2.77. The van der Waals surface area contributed by atoms with Gasteiger partial charge in [0.1, 0.15) is 11.7 Å². The molecule has 0 unspecified atom stereocenters. The number of aromatic nitrogens is 1. The smallest absolute Gasteiger partial charge is 0.325 e. The Kier molecular flexibility index (Phi) is 4.65. The van der Waals surface area contributed by atoms with Crippen molar-refractivity contribution < 1.29 is 19.4 Å². The second kappa shape index (κ2) is 6.00. The first kappa shape index (κ1) is 14.0. The molecule has 0 aliphatic carbocycles. The zero-order valence-corrected chi connectivity index (χ0v) is 10.5. The van der Waals surface area contributed by atoms with Crippen molar-refractivity contribution in [3.8, 4) is 5.88 Å². The van der Waals surface area contributed by atoms with E-state index in [0.717, 1.165) is 0 Å². The van der Waals surface area contributed by atoms with Crippen molar-refractivity contribution in [2.24, 2.45) is 0 Å². The molecule has 0 aliphatic rings. The number of rotatable bonds is 5. The number of nitrogens with zero attached hydrogens (tertiary/aromatic N) is 1. The van der Waals surface area contributed by atoms with Crippen LogP contribution in [0.25, 0.3) is 0 Å². The van der Waals surface area contributed by atoms with Gasteiger partial charge in [-0.05, 0) is 26.8 Å². The first-order valence-corrected chi connectivity index (χ1v) is 5.57. The molecule has 0 fully saturated rings. The molecule has 18 heavy (non-hydrogen) atoms. The van der Waals surface area contributed by atoms with E-state index in [0.29, 0.717) is 5.88 Å². The molecule has 1 amide bonds.